The van der Waals surface area contributed by atoms with Crippen LogP contribution in [0, 0.1) is 0 Å². The minimum atomic E-state index is -1.57. The average Bonchev–Trinajstić information content (AvgIpc) is 3.29. The molecule has 7 unspecified atom stereocenters. The molecule has 0 aromatic rings. The van der Waals surface area contributed by atoms with Crippen LogP contribution in [-0.2, 0) is 14.3 Å². The van der Waals surface area contributed by atoms with Crippen molar-refractivity contribution in [1.29, 1.82) is 0 Å². The molecule has 0 aromatic heterocycles. The van der Waals surface area contributed by atoms with E-state index in [9.17, 15) is 30.3 Å². The molecule has 1 heterocycles. The van der Waals surface area contributed by atoms with Crippen molar-refractivity contribution in [3.63, 3.8) is 0 Å². The van der Waals surface area contributed by atoms with Crippen LogP contribution in [0.2, 0.25) is 0 Å². The van der Waals surface area contributed by atoms with Gasteiger partial charge in [-0.15, -0.1) is 0 Å². The van der Waals surface area contributed by atoms with Crippen molar-refractivity contribution >= 4 is 5.91 Å². The maximum Gasteiger partial charge on any atom is 0.220 e. The van der Waals surface area contributed by atoms with Crippen LogP contribution in [0.5, 0.6) is 0 Å². The second-order valence-corrected chi connectivity index (χ2v) is 17.2. The van der Waals surface area contributed by atoms with E-state index in [2.05, 4.69) is 104 Å². The highest BCUT2D eigenvalue weighted by Crippen LogP contribution is 2.22. The second kappa shape index (κ2) is 44.0. The third-order valence-electron chi connectivity index (χ3n) is 11.4. The zero-order valence-corrected chi connectivity index (χ0v) is 40.2. The molecule has 1 aliphatic heterocycles. The summed E-state index contributed by atoms with van der Waals surface area (Å²) >= 11 is 0. The van der Waals surface area contributed by atoms with Crippen molar-refractivity contribution in [2.45, 2.75) is 230 Å². The summed E-state index contributed by atoms with van der Waals surface area (Å²) in [5.74, 6) is -0.191. The molecule has 0 radical (unpaired) electrons. The lowest BCUT2D eigenvalue weighted by Crippen LogP contribution is -2.60. The molecule has 0 spiro atoms. The standard InChI is InChI=1S/C55H93NO8/c1-3-5-7-9-10-11-12-13-14-15-16-17-18-19-20-21-22-23-24-25-26-27-28-29-30-31-32-33-34-35-36-37-38-39-40-41-43-45-51(59)56-48(49(58)44-42-8-6-4-2)47-63-55-54(62)53(61)52(60)50(46-57)64-55/h5,7,10-11,13-14,16-17,19-20,22-23,25-26,42,44,48-50,52-55,57-58,60-62H,3-4,6,8-9,12,15,18,21,24,27-41,43,45-47H2,1-2H3,(H,56,59)/b7-5-,11-10-,14-13-,17-16-,20-19-,23-22-,26-25-,44-42+. The molecular formula is C55H93NO8. The Balaban J connectivity index is 2.00. The fraction of sp³-hybridized carbons (Fsp3) is 0.691. The number of aliphatic hydroxyl groups excluding tert-OH is 5. The van der Waals surface area contributed by atoms with E-state index in [1.807, 2.05) is 6.08 Å². The number of rotatable bonds is 41. The van der Waals surface area contributed by atoms with Gasteiger partial charge in [0.1, 0.15) is 24.4 Å². The SMILES string of the molecule is CC/C=C\C/C=C\C/C=C\C/C=C\C/C=C\C/C=C\C/C=C\CCCCCCCCCCCCCCCCCC(=O)NC(COC1OC(CO)C(O)C(O)C1O)C(O)/C=C/CCCC. The number of hydrogen-bond acceptors (Lipinski definition) is 8. The summed E-state index contributed by atoms with van der Waals surface area (Å²) in [4.78, 5) is 12.8. The van der Waals surface area contributed by atoms with Crippen molar-refractivity contribution < 1.29 is 39.8 Å². The van der Waals surface area contributed by atoms with Gasteiger partial charge in [-0.1, -0.05) is 207 Å². The van der Waals surface area contributed by atoms with Crippen LogP contribution in [0.3, 0.4) is 0 Å². The molecule has 6 N–H and O–H groups in total. The highest BCUT2D eigenvalue weighted by atomic mass is 16.7. The summed E-state index contributed by atoms with van der Waals surface area (Å²) < 4.78 is 11.1. The molecule has 9 heteroatoms. The molecule has 1 amide bonds. The Bertz CT molecular complexity index is 1320. The number of unbranched alkanes of at least 4 members (excludes halogenated alkanes) is 17. The van der Waals surface area contributed by atoms with Crippen molar-refractivity contribution in [2.24, 2.45) is 0 Å². The van der Waals surface area contributed by atoms with Gasteiger partial charge in [0, 0.05) is 6.42 Å². The zero-order valence-electron chi connectivity index (χ0n) is 40.2. The molecule has 0 bridgehead atoms. The van der Waals surface area contributed by atoms with Crippen LogP contribution in [-0.4, -0.2) is 87.5 Å². The van der Waals surface area contributed by atoms with Crippen LogP contribution in [0.25, 0.3) is 0 Å². The van der Waals surface area contributed by atoms with Crippen molar-refractivity contribution in [3.8, 4) is 0 Å². The van der Waals surface area contributed by atoms with Gasteiger partial charge in [0.25, 0.3) is 0 Å². The average molecular weight is 896 g/mol. The number of allylic oxidation sites excluding steroid dienone is 15. The molecular weight excluding hydrogens is 803 g/mol. The largest absolute Gasteiger partial charge is 0.394 e. The number of amides is 1. The lowest BCUT2D eigenvalue weighted by atomic mass is 9.99. The first kappa shape index (κ1) is 59.1. The smallest absolute Gasteiger partial charge is 0.220 e. The van der Waals surface area contributed by atoms with E-state index in [4.69, 9.17) is 9.47 Å². The van der Waals surface area contributed by atoms with Gasteiger partial charge < -0.3 is 40.3 Å². The van der Waals surface area contributed by atoms with Crippen molar-refractivity contribution in [1.82, 2.24) is 5.32 Å². The van der Waals surface area contributed by atoms with Crippen LogP contribution < -0.4 is 5.32 Å². The molecule has 64 heavy (non-hydrogen) atoms. The van der Waals surface area contributed by atoms with E-state index in [1.165, 1.54) is 83.5 Å². The molecule has 7 atom stereocenters. The lowest BCUT2D eigenvalue weighted by molar-refractivity contribution is -0.302. The monoisotopic (exact) mass is 896 g/mol. The highest BCUT2D eigenvalue weighted by molar-refractivity contribution is 5.76. The maximum atomic E-state index is 12.8. The van der Waals surface area contributed by atoms with Gasteiger partial charge in [0.05, 0.1) is 25.4 Å². The Labute approximate surface area is 390 Å². The fourth-order valence-corrected chi connectivity index (χ4v) is 7.36. The fourth-order valence-electron chi connectivity index (χ4n) is 7.36. The molecule has 0 saturated carbocycles. The zero-order chi connectivity index (χ0) is 46.6. The van der Waals surface area contributed by atoms with Crippen molar-refractivity contribution in [2.75, 3.05) is 13.2 Å². The summed E-state index contributed by atoms with van der Waals surface area (Å²) in [5, 5.41) is 53.6. The highest BCUT2D eigenvalue weighted by Gasteiger charge is 2.44. The number of carbonyl (C=O) groups is 1. The maximum absolute atomic E-state index is 12.8. The topological polar surface area (TPSA) is 149 Å². The van der Waals surface area contributed by atoms with Crippen molar-refractivity contribution in [3.05, 3.63) is 97.2 Å². The van der Waals surface area contributed by atoms with E-state index >= 15 is 0 Å². The summed E-state index contributed by atoms with van der Waals surface area (Å²) in [6, 6.07) is -0.804. The third-order valence-corrected chi connectivity index (χ3v) is 11.4. The van der Waals surface area contributed by atoms with Gasteiger partial charge in [-0.05, 0) is 70.6 Å². The minimum absolute atomic E-state index is 0.191. The first-order valence-corrected chi connectivity index (χ1v) is 25.5. The molecule has 1 fully saturated rings. The number of aliphatic hydroxyl groups is 5. The predicted octanol–water partition coefficient (Wildman–Crippen LogP) is 11.7. The van der Waals surface area contributed by atoms with E-state index in [0.29, 0.717) is 6.42 Å². The van der Waals surface area contributed by atoms with Gasteiger partial charge >= 0.3 is 0 Å². The summed E-state index contributed by atoms with van der Waals surface area (Å²) in [7, 11) is 0. The molecule has 9 nitrogen and oxygen atoms in total. The van der Waals surface area contributed by atoms with Crippen LogP contribution in [0.4, 0.5) is 0 Å². The molecule has 366 valence electrons. The summed E-state index contributed by atoms with van der Waals surface area (Å²) in [5.41, 5.74) is 0. The quantitative estimate of drug-likeness (QED) is 0.0262. The third kappa shape index (κ3) is 33.6. The predicted molar refractivity (Wildman–Crippen MR) is 267 cm³/mol. The first-order valence-electron chi connectivity index (χ1n) is 25.5. The summed E-state index contributed by atoms with van der Waals surface area (Å²) in [6.07, 6.45) is 57.0. The number of carbonyl (C=O) groups excluding carboxylic acids is 1. The van der Waals surface area contributed by atoms with Gasteiger partial charge in [0.2, 0.25) is 5.91 Å². The van der Waals surface area contributed by atoms with Crippen LogP contribution in [0.15, 0.2) is 97.2 Å². The van der Waals surface area contributed by atoms with E-state index < -0.39 is 49.5 Å². The Kier molecular flexibility index (Phi) is 40.6. The Hall–Kier alpha value is -2.89. The number of nitrogens with one attached hydrogen (secondary N) is 1. The van der Waals surface area contributed by atoms with Gasteiger partial charge in [-0.25, -0.2) is 0 Å². The Morgan fingerprint density at radius 2 is 0.969 bits per heavy atom. The molecule has 1 saturated heterocycles. The van der Waals surface area contributed by atoms with Gasteiger partial charge in [0.15, 0.2) is 6.29 Å². The normalized spacial score (nSPS) is 20.9. The van der Waals surface area contributed by atoms with E-state index in [1.54, 1.807) is 6.08 Å². The van der Waals surface area contributed by atoms with E-state index in [-0.39, 0.29) is 12.5 Å². The van der Waals surface area contributed by atoms with E-state index in [0.717, 1.165) is 83.5 Å². The molecule has 0 aliphatic carbocycles. The molecule has 0 aromatic carbocycles. The first-order chi connectivity index (χ1) is 31.3. The summed E-state index contributed by atoms with van der Waals surface area (Å²) in [6.45, 7) is 3.49. The Morgan fingerprint density at radius 3 is 1.42 bits per heavy atom. The van der Waals surface area contributed by atoms with Gasteiger partial charge in [-0.3, -0.25) is 4.79 Å². The Morgan fingerprint density at radius 1 is 0.547 bits per heavy atom. The lowest BCUT2D eigenvalue weighted by Gasteiger charge is -2.40. The molecule has 1 rings (SSSR count). The minimum Gasteiger partial charge on any atom is -0.394 e. The second-order valence-electron chi connectivity index (χ2n) is 17.2. The van der Waals surface area contributed by atoms with Crippen LogP contribution in [0.1, 0.15) is 187 Å². The number of ether oxygens (including phenoxy) is 2. The van der Waals surface area contributed by atoms with Crippen LogP contribution >= 0.6 is 0 Å². The van der Waals surface area contributed by atoms with Gasteiger partial charge in [-0.2, -0.15) is 0 Å². The number of hydrogen-bond donors (Lipinski definition) is 6. The molecule has 1 aliphatic rings.